The number of hydrogen-bond donors (Lipinski definition) is 3. The van der Waals surface area contributed by atoms with Crippen LogP contribution in [0.1, 0.15) is 6.42 Å². The van der Waals surface area contributed by atoms with Crippen molar-refractivity contribution in [3.05, 3.63) is 72.7 Å². The fourth-order valence-corrected chi connectivity index (χ4v) is 4.81. The third-order valence-corrected chi connectivity index (χ3v) is 7.24. The van der Waals surface area contributed by atoms with Crippen LogP contribution in [0.25, 0.3) is 0 Å². The first-order chi connectivity index (χ1) is 19.1. The van der Waals surface area contributed by atoms with E-state index in [0.717, 1.165) is 4.90 Å². The van der Waals surface area contributed by atoms with Crippen LogP contribution in [0.4, 0.5) is 36.0 Å². The van der Waals surface area contributed by atoms with Crippen molar-refractivity contribution in [2.75, 3.05) is 54.7 Å². The van der Waals surface area contributed by atoms with Gasteiger partial charge in [-0.05, 0) is 68.3 Å². The highest BCUT2D eigenvalue weighted by Gasteiger charge is 2.34. The molecule has 2 aromatic carbocycles. The lowest BCUT2D eigenvalue weighted by Crippen LogP contribution is -2.39. The minimum atomic E-state index is -2.10. The Hall–Kier alpha value is -4.44. The van der Waals surface area contributed by atoms with Gasteiger partial charge in [0.15, 0.2) is 0 Å². The Morgan fingerprint density at radius 2 is 1.80 bits per heavy atom. The van der Waals surface area contributed by atoms with Gasteiger partial charge < -0.3 is 19.9 Å². The van der Waals surface area contributed by atoms with E-state index in [9.17, 15) is 23.3 Å². The first-order valence-corrected chi connectivity index (χ1v) is 15.3. The predicted molar refractivity (Wildman–Crippen MR) is 152 cm³/mol. The van der Waals surface area contributed by atoms with Gasteiger partial charge in [0, 0.05) is 36.7 Å². The normalized spacial score (nSPS) is 13.2. The first-order valence-electron chi connectivity index (χ1n) is 12.6. The summed E-state index contributed by atoms with van der Waals surface area (Å²) in [6, 6.07) is 13.8. The molecule has 0 aliphatic carbocycles. The average molecular weight is 569 g/mol. The molecule has 3 N–H and O–H groups in total. The lowest BCUT2D eigenvalue weighted by Gasteiger charge is -2.18. The number of amides is 6. The fraction of sp³-hybridized carbons (Fsp3) is 0.259. The van der Waals surface area contributed by atoms with E-state index in [1.165, 1.54) is 35.4 Å². The number of nitrogens with zero attached hydrogens (tertiary/aromatic N) is 3. The van der Waals surface area contributed by atoms with E-state index in [-0.39, 0.29) is 6.54 Å². The van der Waals surface area contributed by atoms with Gasteiger partial charge in [-0.1, -0.05) is 6.07 Å². The highest BCUT2D eigenvalue weighted by atomic mass is 31.2. The summed E-state index contributed by atoms with van der Waals surface area (Å²) in [5.41, 5.74) is 0.925. The second-order valence-electron chi connectivity index (χ2n) is 9.53. The van der Waals surface area contributed by atoms with E-state index in [1.807, 2.05) is 0 Å². The minimum Gasteiger partial charge on any atom is -0.456 e. The van der Waals surface area contributed by atoms with Crippen LogP contribution >= 0.6 is 7.14 Å². The van der Waals surface area contributed by atoms with Crippen LogP contribution in [0.15, 0.2) is 66.9 Å². The quantitative estimate of drug-likeness (QED) is 0.227. The lowest BCUT2D eigenvalue weighted by atomic mass is 10.3. The number of ether oxygens (including phenoxy) is 1. The molecule has 0 atom stereocenters. The van der Waals surface area contributed by atoms with Crippen molar-refractivity contribution in [1.82, 2.24) is 15.2 Å². The molecule has 1 aliphatic rings. The number of carbonyl (C=O) groups excluding carboxylic acids is 3. The summed E-state index contributed by atoms with van der Waals surface area (Å²) in [5, 5.41) is 8.02. The molecule has 0 unspecified atom stereocenters. The van der Waals surface area contributed by atoms with Crippen molar-refractivity contribution in [3.63, 3.8) is 0 Å². The molecule has 0 radical (unpaired) electrons. The van der Waals surface area contributed by atoms with Gasteiger partial charge in [0.1, 0.15) is 23.1 Å². The zero-order chi connectivity index (χ0) is 28.7. The molecule has 2 heterocycles. The maximum absolute atomic E-state index is 13.2. The maximum atomic E-state index is 13.2. The number of benzene rings is 2. The number of hydrogen-bond acceptors (Lipinski definition) is 6. The summed E-state index contributed by atoms with van der Waals surface area (Å²) in [6.45, 7) is 4.32. The van der Waals surface area contributed by atoms with E-state index >= 15 is 0 Å². The smallest absolute Gasteiger partial charge is 0.332 e. The van der Waals surface area contributed by atoms with Crippen LogP contribution in [0, 0.1) is 5.82 Å². The Labute approximate surface area is 231 Å². The van der Waals surface area contributed by atoms with E-state index in [0.29, 0.717) is 54.4 Å². The molecule has 13 heteroatoms. The summed E-state index contributed by atoms with van der Waals surface area (Å²) < 4.78 is 30.7. The summed E-state index contributed by atoms with van der Waals surface area (Å²) in [5.74, 6) is 0.740. The van der Waals surface area contributed by atoms with Crippen molar-refractivity contribution in [1.29, 1.82) is 0 Å². The number of rotatable bonds is 9. The van der Waals surface area contributed by atoms with Gasteiger partial charge in [0.05, 0.1) is 19.9 Å². The molecule has 40 heavy (non-hydrogen) atoms. The van der Waals surface area contributed by atoms with Gasteiger partial charge in [-0.3, -0.25) is 10.2 Å². The molecular formula is C27H30FN6O5P. The largest absolute Gasteiger partial charge is 0.456 e. The van der Waals surface area contributed by atoms with E-state index < -0.39 is 31.1 Å². The topological polar surface area (TPSA) is 133 Å². The van der Waals surface area contributed by atoms with Crippen LogP contribution in [0.2, 0.25) is 0 Å². The van der Waals surface area contributed by atoms with E-state index in [1.54, 1.807) is 49.7 Å². The number of halogens is 1. The monoisotopic (exact) mass is 568 g/mol. The number of urea groups is 3. The Morgan fingerprint density at radius 1 is 1.02 bits per heavy atom. The number of carbonyl (C=O) groups is 3. The van der Waals surface area contributed by atoms with Crippen LogP contribution in [0.5, 0.6) is 11.5 Å². The fourth-order valence-electron chi connectivity index (χ4n) is 3.89. The molecule has 11 nitrogen and oxygen atoms in total. The summed E-state index contributed by atoms with van der Waals surface area (Å²) in [4.78, 5) is 44.2. The summed E-state index contributed by atoms with van der Waals surface area (Å²) >= 11 is 0. The summed E-state index contributed by atoms with van der Waals surface area (Å²) in [6.07, 6.45) is 2.63. The lowest BCUT2D eigenvalue weighted by molar-refractivity contribution is 0.209. The van der Waals surface area contributed by atoms with Crippen molar-refractivity contribution in [2.45, 2.75) is 6.42 Å². The molecule has 1 saturated heterocycles. The number of aromatic nitrogens is 1. The Kier molecular flexibility index (Phi) is 9.00. The van der Waals surface area contributed by atoms with Crippen LogP contribution in [-0.4, -0.2) is 67.1 Å². The molecule has 210 valence electrons. The molecular weight excluding hydrogens is 538 g/mol. The molecule has 0 saturated carbocycles. The Morgan fingerprint density at radius 3 is 2.50 bits per heavy atom. The molecule has 0 bridgehead atoms. The maximum Gasteiger partial charge on any atom is 0.332 e. The number of pyridine rings is 1. The van der Waals surface area contributed by atoms with Crippen molar-refractivity contribution < 1.29 is 28.1 Å². The highest BCUT2D eigenvalue weighted by Crippen LogP contribution is 2.36. The Bertz CT molecular complexity index is 1410. The molecule has 4 rings (SSSR count). The van der Waals surface area contributed by atoms with Crippen LogP contribution < -0.4 is 25.6 Å². The number of imide groups is 1. The van der Waals surface area contributed by atoms with E-state index in [2.05, 4.69) is 20.9 Å². The SMILES string of the molecule is CP(C)(=O)CCCNC(=O)Nc1ccc(Oc2cccc(NC(=O)N3CCN(c4ccc(F)cc4)C3=O)c2)cn1. The van der Waals surface area contributed by atoms with Gasteiger partial charge in [0.25, 0.3) is 0 Å². The molecule has 1 fully saturated rings. The second-order valence-corrected chi connectivity index (χ2v) is 13.1. The van der Waals surface area contributed by atoms with Crippen molar-refractivity contribution in [2.24, 2.45) is 0 Å². The molecule has 1 aliphatic heterocycles. The van der Waals surface area contributed by atoms with Crippen LogP contribution in [-0.2, 0) is 4.57 Å². The number of anilines is 3. The Balaban J connectivity index is 1.28. The highest BCUT2D eigenvalue weighted by molar-refractivity contribution is 7.62. The zero-order valence-electron chi connectivity index (χ0n) is 22.1. The van der Waals surface area contributed by atoms with Gasteiger partial charge in [-0.2, -0.15) is 0 Å². The second kappa shape index (κ2) is 12.6. The third kappa shape index (κ3) is 8.03. The van der Waals surface area contributed by atoms with Crippen LogP contribution in [0.3, 0.4) is 0 Å². The van der Waals surface area contributed by atoms with Crippen molar-refractivity contribution in [3.8, 4) is 11.5 Å². The van der Waals surface area contributed by atoms with Gasteiger partial charge in [0.2, 0.25) is 0 Å². The minimum absolute atomic E-state index is 0.182. The molecule has 1 aromatic heterocycles. The van der Waals surface area contributed by atoms with E-state index in [4.69, 9.17) is 4.74 Å². The predicted octanol–water partition coefficient (Wildman–Crippen LogP) is 5.62. The molecule has 3 aromatic rings. The number of nitrogens with one attached hydrogen (secondary N) is 3. The van der Waals surface area contributed by atoms with Gasteiger partial charge in [-0.25, -0.2) is 28.7 Å². The summed E-state index contributed by atoms with van der Waals surface area (Å²) in [7, 11) is -2.10. The molecule has 6 amide bonds. The standard InChI is InChI=1S/C27H30FN6O5P/c1-40(2,38)16-4-13-29-25(35)32-24-12-11-23(18-30-24)39-22-6-3-5-20(17-22)31-26(36)34-15-14-33(27(34)37)21-9-7-19(28)8-10-21/h3,5-12,17-18H,4,13-16H2,1-2H3,(H,31,36)(H2,29,30,32,35). The van der Waals surface area contributed by atoms with Gasteiger partial charge in [-0.15, -0.1) is 0 Å². The third-order valence-electron chi connectivity index (χ3n) is 5.85. The first kappa shape index (κ1) is 28.6. The zero-order valence-corrected chi connectivity index (χ0v) is 23.0. The van der Waals surface area contributed by atoms with Gasteiger partial charge >= 0.3 is 18.1 Å². The molecule has 0 spiro atoms. The van der Waals surface area contributed by atoms with Crippen molar-refractivity contribution >= 4 is 42.4 Å². The average Bonchev–Trinajstić information content (AvgIpc) is 3.29.